The molecule has 1 aliphatic carbocycles. The molecule has 18 heavy (non-hydrogen) atoms. The lowest BCUT2D eigenvalue weighted by Gasteiger charge is -2.44. The minimum atomic E-state index is -0.139. The maximum atomic E-state index is 12.5. The number of nitrogens with zero attached hydrogens (tertiary/aromatic N) is 2. The molecule has 4 heteroatoms. The number of hydrogen-bond acceptors (Lipinski definition) is 2. The van der Waals surface area contributed by atoms with E-state index in [9.17, 15) is 9.59 Å². The van der Waals surface area contributed by atoms with Crippen molar-refractivity contribution in [2.24, 2.45) is 5.92 Å². The van der Waals surface area contributed by atoms with Gasteiger partial charge in [0.15, 0.2) is 0 Å². The summed E-state index contributed by atoms with van der Waals surface area (Å²) in [5.41, 5.74) is 0. The molecule has 2 aliphatic heterocycles. The average Bonchev–Trinajstić information content (AvgIpc) is 2.85. The highest BCUT2D eigenvalue weighted by molar-refractivity contribution is 5.95. The van der Waals surface area contributed by atoms with Gasteiger partial charge in [0, 0.05) is 12.6 Å². The first-order valence-corrected chi connectivity index (χ1v) is 7.28. The van der Waals surface area contributed by atoms with E-state index >= 15 is 0 Å². The molecule has 2 heterocycles. The lowest BCUT2D eigenvalue weighted by molar-refractivity contribution is -0.157. The van der Waals surface area contributed by atoms with Gasteiger partial charge in [0.2, 0.25) is 11.8 Å². The van der Waals surface area contributed by atoms with Crippen LogP contribution in [0, 0.1) is 5.92 Å². The molecular weight excluding hydrogens is 228 g/mol. The summed E-state index contributed by atoms with van der Waals surface area (Å²) in [6.07, 6.45) is 6.58. The van der Waals surface area contributed by atoms with E-state index in [1.165, 1.54) is 19.3 Å². The highest BCUT2D eigenvalue weighted by Gasteiger charge is 2.45. The lowest BCUT2D eigenvalue weighted by atomic mass is 9.84. The van der Waals surface area contributed by atoms with E-state index in [2.05, 4.69) is 6.92 Å². The van der Waals surface area contributed by atoms with Crippen molar-refractivity contribution in [2.75, 3.05) is 13.1 Å². The van der Waals surface area contributed by atoms with Crippen molar-refractivity contribution in [3.05, 3.63) is 0 Å². The quantitative estimate of drug-likeness (QED) is 0.706. The Labute approximate surface area is 108 Å². The summed E-state index contributed by atoms with van der Waals surface area (Å²) >= 11 is 0. The van der Waals surface area contributed by atoms with E-state index in [-0.39, 0.29) is 17.9 Å². The van der Waals surface area contributed by atoms with Gasteiger partial charge in [-0.25, -0.2) is 0 Å². The normalized spacial score (nSPS) is 37.1. The molecule has 100 valence electrons. The number of fused-ring (bicyclic) bond motifs is 1. The molecule has 0 radical (unpaired) electrons. The Morgan fingerprint density at radius 3 is 2.56 bits per heavy atom. The minimum Gasteiger partial charge on any atom is -0.329 e. The first kappa shape index (κ1) is 12.0. The minimum absolute atomic E-state index is 0.139. The average molecular weight is 250 g/mol. The van der Waals surface area contributed by atoms with Crippen molar-refractivity contribution in [3.8, 4) is 0 Å². The molecule has 3 aliphatic rings. The summed E-state index contributed by atoms with van der Waals surface area (Å²) in [6, 6.07) is 0.165. The lowest BCUT2D eigenvalue weighted by Crippen LogP contribution is -2.61. The van der Waals surface area contributed by atoms with Crippen LogP contribution in [-0.2, 0) is 9.59 Å². The number of hydrogen-bond donors (Lipinski definition) is 0. The van der Waals surface area contributed by atoms with Crippen LogP contribution in [0.4, 0.5) is 0 Å². The third kappa shape index (κ3) is 1.82. The smallest absolute Gasteiger partial charge is 0.246 e. The fraction of sp³-hybridized carbons (Fsp3) is 0.857. The molecule has 0 aromatic rings. The summed E-state index contributed by atoms with van der Waals surface area (Å²) < 4.78 is 0. The van der Waals surface area contributed by atoms with Gasteiger partial charge in [0.1, 0.15) is 12.6 Å². The Morgan fingerprint density at radius 1 is 1.00 bits per heavy atom. The molecule has 0 bridgehead atoms. The van der Waals surface area contributed by atoms with Crippen LogP contribution in [0.3, 0.4) is 0 Å². The highest BCUT2D eigenvalue weighted by atomic mass is 16.2. The summed E-state index contributed by atoms with van der Waals surface area (Å²) in [4.78, 5) is 28.3. The molecule has 0 aromatic heterocycles. The summed E-state index contributed by atoms with van der Waals surface area (Å²) in [5, 5.41) is 0. The Hall–Kier alpha value is -1.06. The van der Waals surface area contributed by atoms with Gasteiger partial charge < -0.3 is 9.80 Å². The van der Waals surface area contributed by atoms with E-state index in [0.717, 1.165) is 25.8 Å². The first-order valence-electron chi connectivity index (χ1n) is 7.28. The van der Waals surface area contributed by atoms with Gasteiger partial charge >= 0.3 is 0 Å². The Morgan fingerprint density at radius 2 is 1.78 bits per heavy atom. The van der Waals surface area contributed by atoms with E-state index in [1.54, 1.807) is 4.90 Å². The Bertz CT molecular complexity index is 369. The molecular formula is C14H22N2O2. The zero-order chi connectivity index (χ0) is 12.7. The molecule has 3 fully saturated rings. The molecule has 1 saturated carbocycles. The molecule has 3 rings (SSSR count). The molecule has 0 aromatic carbocycles. The second-order valence-corrected chi connectivity index (χ2v) is 6.04. The standard InChI is InChI=1S/C14H22N2O2/c1-10-5-2-3-6-11(10)16-9-13(17)15-8-4-7-12(15)14(16)18/h10-12H,2-9H2,1H3. The van der Waals surface area contributed by atoms with Crippen LogP contribution in [0.15, 0.2) is 0 Å². The number of amides is 2. The van der Waals surface area contributed by atoms with Crippen molar-refractivity contribution >= 4 is 11.8 Å². The molecule has 2 saturated heterocycles. The van der Waals surface area contributed by atoms with Crippen LogP contribution in [-0.4, -0.2) is 46.8 Å². The monoisotopic (exact) mass is 250 g/mol. The van der Waals surface area contributed by atoms with Crippen LogP contribution in [0.1, 0.15) is 45.4 Å². The van der Waals surface area contributed by atoms with Gasteiger partial charge in [-0.05, 0) is 31.6 Å². The van der Waals surface area contributed by atoms with Gasteiger partial charge in [-0.1, -0.05) is 19.8 Å². The van der Waals surface area contributed by atoms with E-state index < -0.39 is 0 Å². The van der Waals surface area contributed by atoms with Gasteiger partial charge in [-0.2, -0.15) is 0 Å². The maximum absolute atomic E-state index is 12.5. The SMILES string of the molecule is CC1CCCCC1N1CC(=O)N2CCCC2C1=O. The van der Waals surface area contributed by atoms with Crippen molar-refractivity contribution in [1.82, 2.24) is 9.80 Å². The van der Waals surface area contributed by atoms with E-state index in [0.29, 0.717) is 18.5 Å². The van der Waals surface area contributed by atoms with Crippen LogP contribution < -0.4 is 0 Å². The third-order valence-electron chi connectivity index (χ3n) is 4.91. The summed E-state index contributed by atoms with van der Waals surface area (Å²) in [5.74, 6) is 0.921. The Balaban J connectivity index is 1.79. The number of carbonyl (C=O) groups excluding carboxylic acids is 2. The molecule has 4 nitrogen and oxygen atoms in total. The highest BCUT2D eigenvalue weighted by Crippen LogP contribution is 2.32. The van der Waals surface area contributed by atoms with Crippen molar-refractivity contribution in [2.45, 2.75) is 57.5 Å². The first-order chi connectivity index (χ1) is 8.68. The molecule has 3 atom stereocenters. The van der Waals surface area contributed by atoms with Gasteiger partial charge in [0.25, 0.3) is 0 Å². The molecule has 0 spiro atoms. The fourth-order valence-electron chi connectivity index (χ4n) is 3.87. The molecule has 2 amide bonds. The second kappa shape index (κ2) is 4.56. The van der Waals surface area contributed by atoms with Crippen molar-refractivity contribution < 1.29 is 9.59 Å². The topological polar surface area (TPSA) is 40.6 Å². The second-order valence-electron chi connectivity index (χ2n) is 6.04. The van der Waals surface area contributed by atoms with Crippen molar-refractivity contribution in [3.63, 3.8) is 0 Å². The maximum Gasteiger partial charge on any atom is 0.246 e. The number of rotatable bonds is 1. The number of piperazine rings is 1. The van der Waals surface area contributed by atoms with Gasteiger partial charge in [0.05, 0.1) is 0 Å². The summed E-state index contributed by atoms with van der Waals surface area (Å²) in [7, 11) is 0. The molecule has 0 N–H and O–H groups in total. The van der Waals surface area contributed by atoms with Crippen LogP contribution in [0.25, 0.3) is 0 Å². The summed E-state index contributed by atoms with van der Waals surface area (Å²) in [6.45, 7) is 3.33. The fourth-order valence-corrected chi connectivity index (χ4v) is 3.87. The van der Waals surface area contributed by atoms with Crippen LogP contribution in [0.5, 0.6) is 0 Å². The van der Waals surface area contributed by atoms with Gasteiger partial charge in [-0.15, -0.1) is 0 Å². The largest absolute Gasteiger partial charge is 0.329 e. The van der Waals surface area contributed by atoms with E-state index in [4.69, 9.17) is 0 Å². The predicted octanol–water partition coefficient (Wildman–Crippen LogP) is 1.40. The zero-order valence-corrected chi connectivity index (χ0v) is 11.1. The van der Waals surface area contributed by atoms with Crippen molar-refractivity contribution in [1.29, 1.82) is 0 Å². The predicted molar refractivity (Wildman–Crippen MR) is 67.9 cm³/mol. The molecule has 3 unspecified atom stereocenters. The van der Waals surface area contributed by atoms with E-state index in [1.807, 2.05) is 4.90 Å². The van der Waals surface area contributed by atoms with Crippen LogP contribution >= 0.6 is 0 Å². The number of carbonyl (C=O) groups is 2. The zero-order valence-electron chi connectivity index (χ0n) is 11.1. The van der Waals surface area contributed by atoms with Gasteiger partial charge in [-0.3, -0.25) is 9.59 Å². The Kier molecular flexibility index (Phi) is 3.04. The van der Waals surface area contributed by atoms with Crippen LogP contribution in [0.2, 0.25) is 0 Å². The third-order valence-corrected chi connectivity index (χ3v) is 4.91.